The number of aromatic nitrogens is 1. The minimum Gasteiger partial charge on any atom is -0.397 e. The maximum Gasteiger partial charge on any atom is 0.323 e. The molecule has 3 nitrogen and oxygen atoms in total. The molecule has 0 spiro atoms. The van der Waals surface area contributed by atoms with Gasteiger partial charge in [0.25, 0.3) is 5.56 Å². The van der Waals surface area contributed by atoms with Crippen molar-refractivity contribution in [3.63, 3.8) is 0 Å². The highest BCUT2D eigenvalue weighted by molar-refractivity contribution is 6.21. The van der Waals surface area contributed by atoms with Crippen LogP contribution in [0.5, 0.6) is 0 Å². The third-order valence-corrected chi connectivity index (χ3v) is 2.20. The summed E-state index contributed by atoms with van der Waals surface area (Å²) in [7, 11) is 0. The van der Waals surface area contributed by atoms with Gasteiger partial charge in [0.15, 0.2) is 0 Å². The summed E-state index contributed by atoms with van der Waals surface area (Å²) in [5.74, 6) is 0. The van der Waals surface area contributed by atoms with Gasteiger partial charge in [-0.15, -0.1) is 0 Å². The average Bonchev–Trinajstić information content (AvgIpc) is 2.07. The van der Waals surface area contributed by atoms with Gasteiger partial charge < -0.3 is 10.3 Å². The number of rotatable bonds is 3. The fourth-order valence-corrected chi connectivity index (χ4v) is 1.19. The first-order valence-electron chi connectivity index (χ1n) is 4.33. The Morgan fingerprint density at radius 3 is 2.73 bits per heavy atom. The molecule has 1 aromatic rings. The number of aryl methyl sites for hydroxylation is 2. The van der Waals surface area contributed by atoms with Crippen molar-refractivity contribution in [1.82, 2.24) is 4.57 Å². The van der Waals surface area contributed by atoms with E-state index in [9.17, 15) is 13.6 Å². The molecular weight excluding hydrogens is 226 g/mol. The molecule has 15 heavy (non-hydrogen) atoms. The van der Waals surface area contributed by atoms with Crippen LogP contribution >= 0.6 is 11.6 Å². The number of nitrogen functional groups attached to an aromatic ring is 1. The molecule has 1 rings (SSSR count). The summed E-state index contributed by atoms with van der Waals surface area (Å²) in [6, 6.07) is 1.31. The molecular formula is C9H11ClF2N2O. The van der Waals surface area contributed by atoms with Gasteiger partial charge in [0, 0.05) is 25.2 Å². The summed E-state index contributed by atoms with van der Waals surface area (Å²) in [5, 5.41) is -3.29. The maximum atomic E-state index is 12.3. The van der Waals surface area contributed by atoms with Crippen LogP contribution in [0.2, 0.25) is 0 Å². The van der Waals surface area contributed by atoms with E-state index in [0.717, 1.165) is 4.57 Å². The summed E-state index contributed by atoms with van der Waals surface area (Å²) in [6.07, 6.45) is 0.747. The fourth-order valence-electron chi connectivity index (χ4n) is 1.11. The first-order chi connectivity index (χ1) is 6.79. The van der Waals surface area contributed by atoms with Crippen molar-refractivity contribution in [3.05, 3.63) is 28.2 Å². The number of anilines is 1. The van der Waals surface area contributed by atoms with E-state index in [0.29, 0.717) is 11.3 Å². The molecule has 0 amide bonds. The molecule has 1 heterocycles. The summed E-state index contributed by atoms with van der Waals surface area (Å²) >= 11 is 4.73. The molecule has 0 aromatic carbocycles. The van der Waals surface area contributed by atoms with E-state index in [4.69, 9.17) is 17.3 Å². The van der Waals surface area contributed by atoms with Crippen LogP contribution in [-0.4, -0.2) is 9.95 Å². The summed E-state index contributed by atoms with van der Waals surface area (Å²) in [4.78, 5) is 11.3. The van der Waals surface area contributed by atoms with E-state index in [2.05, 4.69) is 0 Å². The molecule has 0 atom stereocenters. The molecule has 0 aliphatic rings. The highest BCUT2D eigenvalue weighted by Crippen LogP contribution is 2.23. The Morgan fingerprint density at radius 1 is 1.60 bits per heavy atom. The van der Waals surface area contributed by atoms with Crippen LogP contribution in [0.15, 0.2) is 17.1 Å². The van der Waals surface area contributed by atoms with Crippen LogP contribution in [0.25, 0.3) is 0 Å². The third-order valence-electron chi connectivity index (χ3n) is 2.01. The molecule has 0 saturated carbocycles. The van der Waals surface area contributed by atoms with E-state index in [-0.39, 0.29) is 12.1 Å². The van der Waals surface area contributed by atoms with Crippen molar-refractivity contribution in [1.29, 1.82) is 0 Å². The largest absolute Gasteiger partial charge is 0.397 e. The number of hydrogen-bond donors (Lipinski definition) is 1. The first-order valence-corrected chi connectivity index (χ1v) is 4.71. The maximum absolute atomic E-state index is 12.3. The van der Waals surface area contributed by atoms with Gasteiger partial charge in [-0.3, -0.25) is 4.79 Å². The Hall–Kier alpha value is -1.10. The Morgan fingerprint density at radius 2 is 2.20 bits per heavy atom. The number of pyridine rings is 1. The van der Waals surface area contributed by atoms with Crippen molar-refractivity contribution in [2.75, 3.05) is 5.73 Å². The standard InChI is InChI=1S/C9H11ClF2N2O/c1-6-4-8(15)14(5-7(6)13)3-2-9(10,11)12/h4-5H,2-3,13H2,1H3. The first kappa shape index (κ1) is 12.0. The second kappa shape index (κ2) is 4.18. The zero-order valence-corrected chi connectivity index (χ0v) is 8.89. The highest BCUT2D eigenvalue weighted by Gasteiger charge is 2.24. The van der Waals surface area contributed by atoms with Crippen LogP contribution in [0.3, 0.4) is 0 Å². The number of hydrogen-bond acceptors (Lipinski definition) is 2. The van der Waals surface area contributed by atoms with E-state index in [1.54, 1.807) is 6.92 Å². The van der Waals surface area contributed by atoms with Crippen molar-refractivity contribution >= 4 is 17.3 Å². The Kier molecular flexibility index (Phi) is 3.34. The second-order valence-corrected chi connectivity index (χ2v) is 3.86. The van der Waals surface area contributed by atoms with Crippen LogP contribution in [-0.2, 0) is 6.54 Å². The smallest absolute Gasteiger partial charge is 0.323 e. The predicted molar refractivity (Wildman–Crippen MR) is 55.3 cm³/mol. The Labute approximate surface area is 90.5 Å². The molecule has 0 bridgehead atoms. The molecule has 1 aromatic heterocycles. The lowest BCUT2D eigenvalue weighted by Gasteiger charge is -2.10. The van der Waals surface area contributed by atoms with E-state index >= 15 is 0 Å². The van der Waals surface area contributed by atoms with Crippen molar-refractivity contribution in [3.8, 4) is 0 Å². The number of nitrogens with two attached hydrogens (primary N) is 1. The van der Waals surface area contributed by atoms with Crippen molar-refractivity contribution < 1.29 is 8.78 Å². The van der Waals surface area contributed by atoms with Gasteiger partial charge in [0.2, 0.25) is 0 Å². The predicted octanol–water partition coefficient (Wildman–Crippen LogP) is 1.96. The van der Waals surface area contributed by atoms with Crippen LogP contribution < -0.4 is 11.3 Å². The van der Waals surface area contributed by atoms with E-state index in [1.807, 2.05) is 0 Å². The fraction of sp³-hybridized carbons (Fsp3) is 0.444. The number of alkyl halides is 3. The lowest BCUT2D eigenvalue weighted by atomic mass is 10.2. The number of halogens is 3. The van der Waals surface area contributed by atoms with Gasteiger partial charge in [-0.2, -0.15) is 8.78 Å². The lowest BCUT2D eigenvalue weighted by Crippen LogP contribution is -2.23. The molecule has 84 valence electrons. The lowest BCUT2D eigenvalue weighted by molar-refractivity contribution is 0.0805. The normalized spacial score (nSPS) is 11.7. The zero-order chi connectivity index (χ0) is 11.6. The molecule has 0 aliphatic carbocycles. The third kappa shape index (κ3) is 3.51. The topological polar surface area (TPSA) is 48.0 Å². The van der Waals surface area contributed by atoms with Gasteiger partial charge in [0.05, 0.1) is 5.69 Å². The molecule has 0 saturated heterocycles. The summed E-state index contributed by atoms with van der Waals surface area (Å²) in [6.45, 7) is 1.52. The molecule has 0 unspecified atom stereocenters. The average molecular weight is 237 g/mol. The van der Waals surface area contributed by atoms with Crippen LogP contribution in [0, 0.1) is 6.92 Å². The van der Waals surface area contributed by atoms with Crippen LogP contribution in [0.4, 0.5) is 14.5 Å². The molecule has 0 fully saturated rings. The van der Waals surface area contributed by atoms with E-state index in [1.165, 1.54) is 12.3 Å². The Bertz CT molecular complexity index is 412. The van der Waals surface area contributed by atoms with Gasteiger partial charge in [-0.05, 0) is 24.1 Å². The summed E-state index contributed by atoms with van der Waals surface area (Å²) < 4.78 is 25.8. The minimum absolute atomic E-state index is 0.153. The number of nitrogens with zero attached hydrogens (tertiary/aromatic N) is 1. The van der Waals surface area contributed by atoms with Gasteiger partial charge in [-0.1, -0.05) is 0 Å². The Balaban J connectivity index is 2.87. The molecule has 6 heteroatoms. The molecule has 0 aliphatic heterocycles. The quantitative estimate of drug-likeness (QED) is 0.816. The minimum atomic E-state index is -3.29. The molecule has 2 N–H and O–H groups in total. The van der Waals surface area contributed by atoms with Gasteiger partial charge >= 0.3 is 5.38 Å². The SMILES string of the molecule is Cc1cc(=O)n(CCC(F)(F)Cl)cc1N. The van der Waals surface area contributed by atoms with Gasteiger partial charge in [-0.25, -0.2) is 0 Å². The van der Waals surface area contributed by atoms with Crippen molar-refractivity contribution in [2.45, 2.75) is 25.3 Å². The van der Waals surface area contributed by atoms with Gasteiger partial charge in [0.1, 0.15) is 0 Å². The van der Waals surface area contributed by atoms with E-state index < -0.39 is 11.8 Å². The van der Waals surface area contributed by atoms with Crippen molar-refractivity contribution in [2.24, 2.45) is 0 Å². The second-order valence-electron chi connectivity index (χ2n) is 3.31. The molecule has 0 radical (unpaired) electrons. The zero-order valence-electron chi connectivity index (χ0n) is 8.14. The monoisotopic (exact) mass is 236 g/mol. The highest BCUT2D eigenvalue weighted by atomic mass is 35.5. The summed E-state index contributed by atoms with van der Waals surface area (Å²) in [5.41, 5.74) is 6.22. The van der Waals surface area contributed by atoms with Crippen LogP contribution in [0.1, 0.15) is 12.0 Å².